The van der Waals surface area contributed by atoms with E-state index in [1.54, 1.807) is 29.2 Å². The summed E-state index contributed by atoms with van der Waals surface area (Å²) >= 11 is 0. The van der Waals surface area contributed by atoms with Crippen LogP contribution in [0, 0.1) is 12.8 Å². The fraction of sp³-hybridized carbons (Fsp3) is 0.192. The third kappa shape index (κ3) is 5.03. The molecule has 1 fully saturated rings. The number of carbonyl (C=O) groups excluding carboxylic acids is 3. The molecule has 3 amide bonds. The van der Waals surface area contributed by atoms with Crippen molar-refractivity contribution in [2.24, 2.45) is 5.92 Å². The Kier molecular flexibility index (Phi) is 6.31. The van der Waals surface area contributed by atoms with E-state index in [9.17, 15) is 14.4 Å². The van der Waals surface area contributed by atoms with Crippen LogP contribution in [-0.4, -0.2) is 29.2 Å². The standard InChI is InChI=1S/C26H25N3O3/c1-18-8-7-11-21(14-18)27-26(32)22-12-5-6-13-23(22)28-25(31)20-15-24(30)29(17-20)16-19-9-3-2-4-10-19/h2-14,20H,15-17H2,1H3,(H,27,32)(H,28,31)/t20-/m1/s1. The van der Waals surface area contributed by atoms with Crippen LogP contribution < -0.4 is 10.6 Å². The molecule has 0 spiro atoms. The van der Waals surface area contributed by atoms with Crippen LogP contribution in [0.5, 0.6) is 0 Å². The van der Waals surface area contributed by atoms with Crippen LogP contribution in [0.25, 0.3) is 0 Å². The molecule has 0 aliphatic carbocycles. The first-order valence-electron chi connectivity index (χ1n) is 10.6. The summed E-state index contributed by atoms with van der Waals surface area (Å²) in [5.41, 5.74) is 3.55. The summed E-state index contributed by atoms with van der Waals surface area (Å²) in [5, 5.41) is 5.73. The molecule has 0 saturated carbocycles. The number of nitrogens with one attached hydrogen (secondary N) is 2. The number of rotatable bonds is 6. The highest BCUT2D eigenvalue weighted by molar-refractivity contribution is 6.10. The Morgan fingerprint density at radius 1 is 0.938 bits per heavy atom. The molecule has 6 nitrogen and oxygen atoms in total. The molecule has 0 radical (unpaired) electrons. The number of hydrogen-bond acceptors (Lipinski definition) is 3. The number of carbonyl (C=O) groups is 3. The first-order chi connectivity index (χ1) is 15.5. The van der Waals surface area contributed by atoms with Crippen molar-refractivity contribution in [3.63, 3.8) is 0 Å². The molecule has 1 atom stereocenters. The molecule has 1 heterocycles. The Balaban J connectivity index is 1.42. The molecule has 1 saturated heterocycles. The minimum Gasteiger partial charge on any atom is -0.338 e. The molecule has 2 N–H and O–H groups in total. The summed E-state index contributed by atoms with van der Waals surface area (Å²) in [6, 6.07) is 24.1. The minimum atomic E-state index is -0.459. The molecule has 4 rings (SSSR count). The first-order valence-corrected chi connectivity index (χ1v) is 10.6. The predicted octanol–water partition coefficient (Wildman–Crippen LogP) is 4.23. The molecule has 6 heteroatoms. The molecule has 1 aliphatic rings. The van der Waals surface area contributed by atoms with E-state index in [1.165, 1.54) is 0 Å². The van der Waals surface area contributed by atoms with Gasteiger partial charge in [-0.05, 0) is 42.3 Å². The zero-order valence-electron chi connectivity index (χ0n) is 17.9. The van der Waals surface area contributed by atoms with Crippen LogP contribution in [0.1, 0.15) is 27.9 Å². The average molecular weight is 428 g/mol. The van der Waals surface area contributed by atoms with Gasteiger partial charge in [0.05, 0.1) is 17.2 Å². The summed E-state index contributed by atoms with van der Waals surface area (Å²) in [6.45, 7) is 2.80. The van der Waals surface area contributed by atoms with E-state index in [0.717, 1.165) is 11.1 Å². The summed E-state index contributed by atoms with van der Waals surface area (Å²) in [6.07, 6.45) is 0.163. The lowest BCUT2D eigenvalue weighted by atomic mass is 10.1. The topological polar surface area (TPSA) is 78.5 Å². The molecule has 162 valence electrons. The van der Waals surface area contributed by atoms with E-state index < -0.39 is 5.92 Å². The van der Waals surface area contributed by atoms with E-state index in [2.05, 4.69) is 10.6 Å². The molecule has 0 aromatic heterocycles. The summed E-state index contributed by atoms with van der Waals surface area (Å²) in [4.78, 5) is 39.9. The number of amides is 3. The van der Waals surface area contributed by atoms with Crippen molar-refractivity contribution < 1.29 is 14.4 Å². The lowest BCUT2D eigenvalue weighted by molar-refractivity contribution is -0.128. The van der Waals surface area contributed by atoms with E-state index in [1.807, 2.05) is 61.5 Å². The van der Waals surface area contributed by atoms with Crippen LogP contribution in [-0.2, 0) is 16.1 Å². The Hall–Kier alpha value is -3.93. The maximum atomic E-state index is 12.9. The second-order valence-corrected chi connectivity index (χ2v) is 8.02. The number of aryl methyl sites for hydroxylation is 1. The largest absolute Gasteiger partial charge is 0.338 e. The highest BCUT2D eigenvalue weighted by Crippen LogP contribution is 2.24. The lowest BCUT2D eigenvalue weighted by Crippen LogP contribution is -2.28. The van der Waals surface area contributed by atoms with Crippen LogP contribution in [0.15, 0.2) is 78.9 Å². The van der Waals surface area contributed by atoms with Crippen molar-refractivity contribution in [2.45, 2.75) is 19.9 Å². The molecule has 0 bridgehead atoms. The maximum absolute atomic E-state index is 12.9. The average Bonchev–Trinajstić information content (AvgIpc) is 3.15. The number of para-hydroxylation sites is 1. The summed E-state index contributed by atoms with van der Waals surface area (Å²) in [7, 11) is 0. The van der Waals surface area contributed by atoms with Gasteiger partial charge in [-0.1, -0.05) is 54.6 Å². The van der Waals surface area contributed by atoms with Crippen LogP contribution in [0.4, 0.5) is 11.4 Å². The van der Waals surface area contributed by atoms with Crippen LogP contribution in [0.2, 0.25) is 0 Å². The Labute approximate surface area is 187 Å². The predicted molar refractivity (Wildman–Crippen MR) is 124 cm³/mol. The van der Waals surface area contributed by atoms with Crippen molar-refractivity contribution in [3.8, 4) is 0 Å². The molecule has 32 heavy (non-hydrogen) atoms. The third-order valence-electron chi connectivity index (χ3n) is 5.51. The fourth-order valence-corrected chi connectivity index (χ4v) is 3.85. The van der Waals surface area contributed by atoms with Gasteiger partial charge >= 0.3 is 0 Å². The molecule has 3 aromatic rings. The normalized spacial score (nSPS) is 15.5. The second kappa shape index (κ2) is 9.47. The van der Waals surface area contributed by atoms with Gasteiger partial charge in [-0.3, -0.25) is 14.4 Å². The fourth-order valence-electron chi connectivity index (χ4n) is 3.85. The van der Waals surface area contributed by atoms with Crippen molar-refractivity contribution in [2.75, 3.05) is 17.2 Å². The zero-order valence-corrected chi connectivity index (χ0v) is 17.9. The van der Waals surface area contributed by atoms with Gasteiger partial charge in [0.2, 0.25) is 11.8 Å². The van der Waals surface area contributed by atoms with Gasteiger partial charge in [0.15, 0.2) is 0 Å². The lowest BCUT2D eigenvalue weighted by Gasteiger charge is -2.17. The second-order valence-electron chi connectivity index (χ2n) is 8.02. The number of hydrogen-bond donors (Lipinski definition) is 2. The van der Waals surface area contributed by atoms with Gasteiger partial charge in [0.1, 0.15) is 0 Å². The van der Waals surface area contributed by atoms with E-state index in [-0.39, 0.29) is 24.1 Å². The third-order valence-corrected chi connectivity index (χ3v) is 5.51. The smallest absolute Gasteiger partial charge is 0.257 e. The molecular weight excluding hydrogens is 402 g/mol. The van der Waals surface area contributed by atoms with Crippen molar-refractivity contribution in [1.82, 2.24) is 4.90 Å². The zero-order chi connectivity index (χ0) is 22.5. The van der Waals surface area contributed by atoms with Crippen molar-refractivity contribution in [1.29, 1.82) is 0 Å². The SMILES string of the molecule is Cc1cccc(NC(=O)c2ccccc2NC(=O)[C@@H]2CC(=O)N(Cc3ccccc3)C2)c1. The molecular formula is C26H25N3O3. The van der Waals surface area contributed by atoms with Crippen LogP contribution in [0.3, 0.4) is 0 Å². The molecule has 3 aromatic carbocycles. The molecule has 1 aliphatic heterocycles. The monoisotopic (exact) mass is 427 g/mol. The van der Waals surface area contributed by atoms with Gasteiger partial charge < -0.3 is 15.5 Å². The molecule has 0 unspecified atom stereocenters. The van der Waals surface area contributed by atoms with Gasteiger partial charge in [0, 0.05) is 25.2 Å². The van der Waals surface area contributed by atoms with E-state index in [0.29, 0.717) is 30.0 Å². The number of likely N-dealkylation sites (tertiary alicyclic amines) is 1. The van der Waals surface area contributed by atoms with Crippen LogP contribution >= 0.6 is 0 Å². The Bertz CT molecular complexity index is 1140. The van der Waals surface area contributed by atoms with E-state index in [4.69, 9.17) is 0 Å². The Morgan fingerprint density at radius 3 is 2.47 bits per heavy atom. The highest BCUT2D eigenvalue weighted by Gasteiger charge is 2.34. The van der Waals surface area contributed by atoms with Gasteiger partial charge in [-0.15, -0.1) is 0 Å². The first kappa shape index (κ1) is 21.3. The van der Waals surface area contributed by atoms with E-state index >= 15 is 0 Å². The Morgan fingerprint density at radius 2 is 1.69 bits per heavy atom. The maximum Gasteiger partial charge on any atom is 0.257 e. The highest BCUT2D eigenvalue weighted by atomic mass is 16.2. The quantitative estimate of drug-likeness (QED) is 0.618. The van der Waals surface area contributed by atoms with Gasteiger partial charge in [-0.2, -0.15) is 0 Å². The number of anilines is 2. The minimum absolute atomic E-state index is 0.0421. The number of benzene rings is 3. The summed E-state index contributed by atoms with van der Waals surface area (Å²) in [5.74, 6) is -1.07. The van der Waals surface area contributed by atoms with Crippen molar-refractivity contribution in [3.05, 3.63) is 95.6 Å². The number of nitrogens with zero attached hydrogens (tertiary/aromatic N) is 1. The van der Waals surface area contributed by atoms with Crippen molar-refractivity contribution >= 4 is 29.1 Å². The van der Waals surface area contributed by atoms with Gasteiger partial charge in [0.25, 0.3) is 5.91 Å². The summed E-state index contributed by atoms with van der Waals surface area (Å²) < 4.78 is 0. The van der Waals surface area contributed by atoms with Gasteiger partial charge in [-0.25, -0.2) is 0 Å².